The lowest BCUT2D eigenvalue weighted by Gasteiger charge is -2.13. The van der Waals surface area contributed by atoms with Crippen molar-refractivity contribution in [2.45, 2.75) is 32.6 Å². The third kappa shape index (κ3) is 4.59. The number of nitrogens with one attached hydrogen (secondary N) is 1. The Hall–Kier alpha value is -1.82. The van der Waals surface area contributed by atoms with E-state index in [-0.39, 0.29) is 18.2 Å². The van der Waals surface area contributed by atoms with E-state index in [1.54, 1.807) is 18.3 Å². The van der Waals surface area contributed by atoms with Crippen LogP contribution in [-0.2, 0) is 11.2 Å². The van der Waals surface area contributed by atoms with Gasteiger partial charge in [-0.1, -0.05) is 13.0 Å². The van der Waals surface area contributed by atoms with Crippen LogP contribution in [0.3, 0.4) is 0 Å². The summed E-state index contributed by atoms with van der Waals surface area (Å²) in [6.45, 7) is 4.19. The highest BCUT2D eigenvalue weighted by Gasteiger charge is 2.15. The van der Waals surface area contributed by atoms with Crippen LogP contribution < -0.4 is 5.32 Å². The fourth-order valence-corrected chi connectivity index (χ4v) is 2.86. The maximum absolute atomic E-state index is 13.6. The van der Waals surface area contributed by atoms with Crippen molar-refractivity contribution in [2.75, 3.05) is 6.54 Å². The van der Waals surface area contributed by atoms with Crippen molar-refractivity contribution in [2.24, 2.45) is 0 Å². The van der Waals surface area contributed by atoms with Gasteiger partial charge in [0.2, 0.25) is 5.91 Å². The van der Waals surface area contributed by atoms with Crippen LogP contribution in [-0.4, -0.2) is 17.4 Å². The number of aryl methyl sites for hydroxylation is 1. The first-order valence-electron chi connectivity index (χ1n) is 7.08. The maximum Gasteiger partial charge on any atom is 0.220 e. The van der Waals surface area contributed by atoms with Crippen molar-refractivity contribution in [3.8, 4) is 0 Å². The van der Waals surface area contributed by atoms with Crippen LogP contribution in [0, 0.1) is 18.6 Å². The molecule has 22 heavy (non-hydrogen) atoms. The number of thiazole rings is 1. The molecule has 0 unspecified atom stereocenters. The number of halogens is 2. The Balaban J connectivity index is 1.81. The van der Waals surface area contributed by atoms with Gasteiger partial charge in [0.1, 0.15) is 11.6 Å². The first-order valence-corrected chi connectivity index (χ1v) is 7.96. The van der Waals surface area contributed by atoms with Gasteiger partial charge < -0.3 is 5.32 Å². The molecule has 0 aliphatic heterocycles. The van der Waals surface area contributed by atoms with Crippen molar-refractivity contribution < 1.29 is 13.6 Å². The average molecular weight is 324 g/mol. The molecule has 118 valence electrons. The Morgan fingerprint density at radius 1 is 1.41 bits per heavy atom. The normalized spacial score (nSPS) is 12.2. The highest BCUT2D eigenvalue weighted by Crippen LogP contribution is 2.22. The number of hydrogen-bond acceptors (Lipinski definition) is 3. The van der Waals surface area contributed by atoms with Gasteiger partial charge in [-0.05, 0) is 24.5 Å². The summed E-state index contributed by atoms with van der Waals surface area (Å²) in [4.78, 5) is 16.2. The van der Waals surface area contributed by atoms with E-state index in [2.05, 4.69) is 10.3 Å². The lowest BCUT2D eigenvalue weighted by atomic mass is 9.97. The van der Waals surface area contributed by atoms with E-state index in [9.17, 15) is 13.6 Å². The fraction of sp³-hybridized carbons (Fsp3) is 0.375. The summed E-state index contributed by atoms with van der Waals surface area (Å²) >= 11 is 1.58. The van der Waals surface area contributed by atoms with Crippen LogP contribution in [0.1, 0.15) is 35.5 Å². The first-order chi connectivity index (χ1) is 10.5. The van der Waals surface area contributed by atoms with Crippen molar-refractivity contribution in [3.05, 3.63) is 51.5 Å². The molecule has 0 fully saturated rings. The predicted octanol–water partition coefficient (Wildman–Crippen LogP) is 3.58. The van der Waals surface area contributed by atoms with Gasteiger partial charge in [0.05, 0.1) is 10.7 Å². The van der Waals surface area contributed by atoms with Gasteiger partial charge in [-0.3, -0.25) is 4.79 Å². The summed E-state index contributed by atoms with van der Waals surface area (Å²) in [6, 6.07) is 3.44. The summed E-state index contributed by atoms with van der Waals surface area (Å²) in [5.74, 6) is -1.68. The molecule has 1 aromatic heterocycles. The monoisotopic (exact) mass is 324 g/mol. The Morgan fingerprint density at radius 2 is 2.18 bits per heavy atom. The smallest absolute Gasteiger partial charge is 0.220 e. The predicted molar refractivity (Wildman–Crippen MR) is 83.0 cm³/mol. The third-order valence-electron chi connectivity index (χ3n) is 3.35. The van der Waals surface area contributed by atoms with E-state index in [0.717, 1.165) is 16.8 Å². The molecule has 1 atom stereocenters. The molecule has 0 aliphatic carbocycles. The molecule has 0 radical (unpaired) electrons. The Labute approximate surface area is 132 Å². The second-order valence-electron chi connectivity index (χ2n) is 5.23. The minimum absolute atomic E-state index is 0.150. The van der Waals surface area contributed by atoms with Crippen molar-refractivity contribution >= 4 is 17.2 Å². The standard InChI is InChI=1S/C16H18F2N2OS/c1-10(14-4-3-12(17)8-15(14)18)7-16(21)19-6-5-13-9-22-11(2)20-13/h3-4,8-10H,5-7H2,1-2H3,(H,19,21)/t10-/m0/s1. The van der Waals surface area contributed by atoms with Gasteiger partial charge >= 0.3 is 0 Å². The molecule has 2 aromatic rings. The molecular formula is C16H18F2N2OS. The van der Waals surface area contributed by atoms with E-state index in [4.69, 9.17) is 0 Å². The van der Waals surface area contributed by atoms with Crippen LogP contribution in [0.15, 0.2) is 23.6 Å². The lowest BCUT2D eigenvalue weighted by Crippen LogP contribution is -2.27. The van der Waals surface area contributed by atoms with Gasteiger partial charge in [-0.25, -0.2) is 13.8 Å². The van der Waals surface area contributed by atoms with Gasteiger partial charge in [0, 0.05) is 30.8 Å². The summed E-state index contributed by atoms with van der Waals surface area (Å²) < 4.78 is 26.5. The largest absolute Gasteiger partial charge is 0.356 e. The lowest BCUT2D eigenvalue weighted by molar-refractivity contribution is -0.121. The maximum atomic E-state index is 13.6. The number of carbonyl (C=O) groups excluding carboxylic acids is 1. The molecule has 1 heterocycles. The number of nitrogens with zero attached hydrogens (tertiary/aromatic N) is 1. The van der Waals surface area contributed by atoms with Crippen molar-refractivity contribution in [1.82, 2.24) is 10.3 Å². The van der Waals surface area contributed by atoms with Crippen molar-refractivity contribution in [3.63, 3.8) is 0 Å². The summed E-state index contributed by atoms with van der Waals surface area (Å²) in [6.07, 6.45) is 0.841. The van der Waals surface area contributed by atoms with Gasteiger partial charge in [-0.2, -0.15) is 0 Å². The highest BCUT2D eigenvalue weighted by atomic mass is 32.1. The number of carbonyl (C=O) groups is 1. The van der Waals surface area contributed by atoms with Crippen LogP contribution in [0.25, 0.3) is 0 Å². The zero-order valence-electron chi connectivity index (χ0n) is 12.5. The van der Waals surface area contributed by atoms with Crippen LogP contribution in [0.5, 0.6) is 0 Å². The molecule has 0 saturated heterocycles. The van der Waals surface area contributed by atoms with E-state index < -0.39 is 11.6 Å². The second kappa shape index (κ2) is 7.45. The number of aromatic nitrogens is 1. The molecule has 0 spiro atoms. The van der Waals surface area contributed by atoms with E-state index >= 15 is 0 Å². The molecule has 0 saturated carbocycles. The molecule has 1 N–H and O–H groups in total. The quantitative estimate of drug-likeness (QED) is 0.882. The highest BCUT2D eigenvalue weighted by molar-refractivity contribution is 7.09. The van der Waals surface area contributed by atoms with Crippen LogP contribution >= 0.6 is 11.3 Å². The van der Waals surface area contributed by atoms with Crippen LogP contribution in [0.4, 0.5) is 8.78 Å². The number of hydrogen-bond donors (Lipinski definition) is 1. The summed E-state index contributed by atoms with van der Waals surface area (Å²) in [5, 5.41) is 5.77. The van der Waals surface area contributed by atoms with E-state index in [0.29, 0.717) is 18.5 Å². The Morgan fingerprint density at radius 3 is 2.82 bits per heavy atom. The zero-order valence-corrected chi connectivity index (χ0v) is 13.3. The fourth-order valence-electron chi connectivity index (χ4n) is 2.21. The molecule has 0 aliphatic rings. The molecular weight excluding hydrogens is 306 g/mol. The topological polar surface area (TPSA) is 42.0 Å². The minimum atomic E-state index is -0.614. The Kier molecular flexibility index (Phi) is 5.60. The average Bonchev–Trinajstić information content (AvgIpc) is 2.84. The van der Waals surface area contributed by atoms with Gasteiger partial charge in [0.25, 0.3) is 0 Å². The van der Waals surface area contributed by atoms with E-state index in [1.807, 2.05) is 12.3 Å². The van der Waals surface area contributed by atoms with Gasteiger partial charge in [-0.15, -0.1) is 11.3 Å². The van der Waals surface area contributed by atoms with Crippen molar-refractivity contribution in [1.29, 1.82) is 0 Å². The molecule has 1 amide bonds. The zero-order chi connectivity index (χ0) is 16.1. The molecule has 6 heteroatoms. The summed E-state index contributed by atoms with van der Waals surface area (Å²) in [7, 11) is 0. The molecule has 1 aromatic carbocycles. The SMILES string of the molecule is Cc1nc(CCNC(=O)C[C@H](C)c2ccc(F)cc2F)cs1. The summed E-state index contributed by atoms with van der Waals surface area (Å²) in [5.41, 5.74) is 1.31. The molecule has 0 bridgehead atoms. The molecule has 2 rings (SSSR count). The van der Waals surface area contributed by atoms with E-state index in [1.165, 1.54) is 12.1 Å². The Bertz CT molecular complexity index is 657. The van der Waals surface area contributed by atoms with Gasteiger partial charge in [0.15, 0.2) is 0 Å². The van der Waals surface area contributed by atoms with Crippen LogP contribution in [0.2, 0.25) is 0 Å². The third-order valence-corrected chi connectivity index (χ3v) is 4.18. The number of benzene rings is 1. The molecule has 3 nitrogen and oxygen atoms in total. The second-order valence-corrected chi connectivity index (χ2v) is 6.29. The minimum Gasteiger partial charge on any atom is -0.356 e. The first kappa shape index (κ1) is 16.5. The number of amides is 1. The number of rotatable bonds is 6.